The number of thioether (sulfide) groups is 2. The summed E-state index contributed by atoms with van der Waals surface area (Å²) in [4.78, 5) is 2.83. The summed E-state index contributed by atoms with van der Waals surface area (Å²) in [5.74, 6) is 2.43. The molecule has 3 rings (SSSR count). The number of hydrogen-bond acceptors (Lipinski definition) is 3. The Morgan fingerprint density at radius 1 is 0.545 bits per heavy atom. The molecule has 0 atom stereocenters. The minimum absolute atomic E-state index is 1.03. The Hall–Kier alpha value is -1.06. The normalized spacial score (nSPS) is 11.8. The summed E-state index contributed by atoms with van der Waals surface area (Å²) < 4.78 is 6.27. The first kappa shape index (κ1) is 26.5. The molecule has 0 fully saturated rings. The molecule has 1 nitrogen and oxygen atoms in total. The highest BCUT2D eigenvalue weighted by Gasteiger charge is 2.13. The fraction of sp³-hybridized carbons (Fsp3) is 0.600. The third-order valence-electron chi connectivity index (χ3n) is 6.58. The molecule has 0 unspecified atom stereocenters. The summed E-state index contributed by atoms with van der Waals surface area (Å²) >= 11 is 4.05. The third kappa shape index (κ3) is 7.99. The fourth-order valence-corrected chi connectivity index (χ4v) is 6.58. The van der Waals surface area contributed by atoms with Crippen molar-refractivity contribution in [3.05, 3.63) is 35.4 Å². The van der Waals surface area contributed by atoms with Crippen molar-refractivity contribution in [3.8, 4) is 0 Å². The Balaban J connectivity index is 1.63. The van der Waals surface area contributed by atoms with E-state index in [-0.39, 0.29) is 0 Å². The lowest BCUT2D eigenvalue weighted by molar-refractivity contribution is 0.627. The molecule has 1 aromatic heterocycles. The largest absolute Gasteiger partial charge is 0.456 e. The van der Waals surface area contributed by atoms with Crippen LogP contribution >= 0.6 is 23.5 Å². The fourth-order valence-electron chi connectivity index (χ4n) is 4.47. The molecule has 0 N–H and O–H groups in total. The van der Waals surface area contributed by atoms with Crippen LogP contribution in [-0.4, -0.2) is 11.5 Å². The van der Waals surface area contributed by atoms with Crippen LogP contribution in [0.2, 0.25) is 0 Å². The molecule has 3 aromatic rings. The first-order valence-corrected chi connectivity index (χ1v) is 15.3. The maximum Gasteiger partial charge on any atom is 0.135 e. The van der Waals surface area contributed by atoms with Gasteiger partial charge >= 0.3 is 0 Å². The average molecular weight is 485 g/mol. The maximum absolute atomic E-state index is 6.27. The van der Waals surface area contributed by atoms with Gasteiger partial charge in [-0.25, -0.2) is 0 Å². The van der Waals surface area contributed by atoms with Gasteiger partial charge in [-0.1, -0.05) is 78.1 Å². The first-order chi connectivity index (χ1) is 16.1. The molecule has 0 saturated carbocycles. The highest BCUT2D eigenvalue weighted by molar-refractivity contribution is 7.99. The molecule has 0 spiro atoms. The second-order valence-electron chi connectivity index (χ2n) is 9.56. The molecule has 3 heteroatoms. The Kier molecular flexibility index (Phi) is 11.6. The summed E-state index contributed by atoms with van der Waals surface area (Å²) in [6.07, 6.45) is 16.3. The number of rotatable bonds is 16. The smallest absolute Gasteiger partial charge is 0.135 e. The molecule has 0 aliphatic heterocycles. The standard InChI is InChI=1S/C30H44OS2/c1-5-7-9-11-13-15-17-32-29-21-25-26-22-30(33-18-16-14-12-10-8-6-2)24(4)20-28(26)31-27(25)19-23(29)3/h19-22H,5-18H2,1-4H3. The van der Waals surface area contributed by atoms with Crippen LogP contribution in [0.3, 0.4) is 0 Å². The Morgan fingerprint density at radius 3 is 1.36 bits per heavy atom. The molecule has 0 aliphatic carbocycles. The third-order valence-corrected chi connectivity index (χ3v) is 9.06. The van der Waals surface area contributed by atoms with Gasteiger partial charge in [-0.2, -0.15) is 0 Å². The molecule has 0 radical (unpaired) electrons. The van der Waals surface area contributed by atoms with Crippen LogP contribution in [0.15, 0.2) is 38.5 Å². The number of furan rings is 1. The monoisotopic (exact) mass is 484 g/mol. The SMILES string of the molecule is CCCCCCCCSc1cc2c(cc1C)oc1cc(C)c(SCCCCCCCC)cc12. The van der Waals surface area contributed by atoms with Crippen LogP contribution in [-0.2, 0) is 0 Å². The van der Waals surface area contributed by atoms with E-state index in [4.69, 9.17) is 4.42 Å². The van der Waals surface area contributed by atoms with Gasteiger partial charge in [0.2, 0.25) is 0 Å². The molecule has 33 heavy (non-hydrogen) atoms. The van der Waals surface area contributed by atoms with E-state index in [1.165, 1.54) is 120 Å². The van der Waals surface area contributed by atoms with Crippen LogP contribution < -0.4 is 0 Å². The highest BCUT2D eigenvalue weighted by atomic mass is 32.2. The maximum atomic E-state index is 6.27. The molecule has 0 saturated heterocycles. The van der Waals surface area contributed by atoms with Crippen LogP contribution in [0.1, 0.15) is 102 Å². The molecule has 0 aliphatic rings. The average Bonchev–Trinajstić information content (AvgIpc) is 3.13. The molecule has 0 bridgehead atoms. The summed E-state index contributed by atoms with van der Waals surface area (Å²) in [5, 5.41) is 2.56. The lowest BCUT2D eigenvalue weighted by Crippen LogP contribution is -1.86. The van der Waals surface area contributed by atoms with E-state index in [1.807, 2.05) is 23.5 Å². The van der Waals surface area contributed by atoms with Gasteiger partial charge in [-0.3, -0.25) is 0 Å². The quantitative estimate of drug-likeness (QED) is 0.148. The van der Waals surface area contributed by atoms with E-state index in [9.17, 15) is 0 Å². The van der Waals surface area contributed by atoms with E-state index in [0.717, 1.165) is 11.2 Å². The molecular weight excluding hydrogens is 440 g/mol. The van der Waals surface area contributed by atoms with Gasteiger partial charge in [0, 0.05) is 20.6 Å². The number of benzene rings is 2. The van der Waals surface area contributed by atoms with Gasteiger partial charge in [0.15, 0.2) is 0 Å². The number of aryl methyl sites for hydroxylation is 2. The van der Waals surface area contributed by atoms with Gasteiger partial charge < -0.3 is 4.42 Å². The molecule has 0 amide bonds. The second-order valence-corrected chi connectivity index (χ2v) is 11.8. The van der Waals surface area contributed by atoms with Crippen molar-refractivity contribution in [3.63, 3.8) is 0 Å². The molecule has 182 valence electrons. The minimum atomic E-state index is 1.03. The van der Waals surface area contributed by atoms with Gasteiger partial charge in [-0.05, 0) is 73.6 Å². The van der Waals surface area contributed by atoms with Crippen LogP contribution in [0.4, 0.5) is 0 Å². The lowest BCUT2D eigenvalue weighted by Gasteiger charge is -2.07. The molecule has 2 aromatic carbocycles. The zero-order valence-corrected chi connectivity index (χ0v) is 23.1. The van der Waals surface area contributed by atoms with Gasteiger partial charge in [0.05, 0.1) is 0 Å². The van der Waals surface area contributed by atoms with Crippen molar-refractivity contribution in [2.24, 2.45) is 0 Å². The predicted octanol–water partition coefficient (Wildman–Crippen LogP) is 11.1. The van der Waals surface area contributed by atoms with Gasteiger partial charge in [-0.15, -0.1) is 23.5 Å². The van der Waals surface area contributed by atoms with Crippen molar-refractivity contribution < 1.29 is 4.42 Å². The molecular formula is C30H44OS2. The minimum Gasteiger partial charge on any atom is -0.456 e. The van der Waals surface area contributed by atoms with E-state index >= 15 is 0 Å². The first-order valence-electron chi connectivity index (χ1n) is 13.4. The summed E-state index contributed by atoms with van der Waals surface area (Å²) in [7, 11) is 0. The van der Waals surface area contributed by atoms with Gasteiger partial charge in [0.1, 0.15) is 11.2 Å². The van der Waals surface area contributed by atoms with Crippen molar-refractivity contribution in [1.29, 1.82) is 0 Å². The summed E-state index contributed by atoms with van der Waals surface area (Å²) in [5.41, 5.74) is 4.74. The van der Waals surface area contributed by atoms with Crippen molar-refractivity contribution in [2.75, 3.05) is 11.5 Å². The van der Waals surface area contributed by atoms with Crippen molar-refractivity contribution in [2.45, 2.75) is 115 Å². The van der Waals surface area contributed by atoms with E-state index in [0.29, 0.717) is 0 Å². The van der Waals surface area contributed by atoms with Crippen molar-refractivity contribution >= 4 is 45.5 Å². The summed E-state index contributed by atoms with van der Waals surface area (Å²) in [6.45, 7) is 9.02. The number of hydrogen-bond donors (Lipinski definition) is 0. The van der Waals surface area contributed by atoms with E-state index in [2.05, 4.69) is 52.0 Å². The van der Waals surface area contributed by atoms with Crippen LogP contribution in [0, 0.1) is 13.8 Å². The van der Waals surface area contributed by atoms with Crippen LogP contribution in [0.25, 0.3) is 21.9 Å². The van der Waals surface area contributed by atoms with E-state index in [1.54, 1.807) is 0 Å². The Bertz CT molecular complexity index is 910. The highest BCUT2D eigenvalue weighted by Crippen LogP contribution is 2.38. The van der Waals surface area contributed by atoms with Crippen molar-refractivity contribution in [1.82, 2.24) is 0 Å². The topological polar surface area (TPSA) is 13.1 Å². The van der Waals surface area contributed by atoms with Gasteiger partial charge in [0.25, 0.3) is 0 Å². The summed E-state index contributed by atoms with van der Waals surface area (Å²) in [6, 6.07) is 9.26. The number of unbranched alkanes of at least 4 members (excludes halogenated alkanes) is 10. The Labute approximate surface area is 210 Å². The molecule has 1 heterocycles. The van der Waals surface area contributed by atoms with Crippen LogP contribution in [0.5, 0.6) is 0 Å². The zero-order chi connectivity index (χ0) is 23.5. The predicted molar refractivity (Wildman–Crippen MR) is 151 cm³/mol. The second kappa shape index (κ2) is 14.4. The zero-order valence-electron chi connectivity index (χ0n) is 21.4. The number of fused-ring (bicyclic) bond motifs is 3. The van der Waals surface area contributed by atoms with E-state index < -0.39 is 0 Å². The lowest BCUT2D eigenvalue weighted by atomic mass is 10.1. The Morgan fingerprint density at radius 2 is 0.939 bits per heavy atom.